The molecule has 2 nitrogen and oxygen atoms in total. The molecule has 1 aromatic carbocycles. The maximum absolute atomic E-state index is 12.5. The van der Waals surface area contributed by atoms with E-state index < -0.39 is 11.7 Å². The number of rotatable bonds is 4. The van der Waals surface area contributed by atoms with Gasteiger partial charge in [0.1, 0.15) is 5.76 Å². The summed E-state index contributed by atoms with van der Waals surface area (Å²) in [4.78, 5) is 0.993. The van der Waals surface area contributed by atoms with Crippen molar-refractivity contribution in [3.05, 3.63) is 53.5 Å². The molecule has 0 aliphatic rings. The summed E-state index contributed by atoms with van der Waals surface area (Å²) in [7, 11) is 0. The van der Waals surface area contributed by atoms with Gasteiger partial charge in [-0.25, -0.2) is 0 Å². The first-order valence-electron chi connectivity index (χ1n) is 5.97. The monoisotopic (exact) mass is 301 g/mol. The molecule has 0 aliphatic heterocycles. The summed E-state index contributed by atoms with van der Waals surface area (Å²) in [5, 5.41) is 0. The minimum Gasteiger partial charge on any atom is -0.468 e. The second-order valence-electron chi connectivity index (χ2n) is 4.38. The topological polar surface area (TPSA) is 39.2 Å². The number of hydrogen-bond acceptors (Lipinski definition) is 3. The molecule has 0 bridgehead atoms. The number of thioether (sulfide) groups is 1. The Hall–Kier alpha value is -1.40. The van der Waals surface area contributed by atoms with Crippen LogP contribution in [0, 0.1) is 6.92 Å². The molecule has 1 atom stereocenters. The van der Waals surface area contributed by atoms with Crippen molar-refractivity contribution in [2.45, 2.75) is 24.0 Å². The molecule has 0 saturated carbocycles. The highest BCUT2D eigenvalue weighted by Crippen LogP contribution is 2.31. The Morgan fingerprint density at radius 2 is 1.85 bits per heavy atom. The first kappa shape index (κ1) is 15.0. The third kappa shape index (κ3) is 3.58. The van der Waals surface area contributed by atoms with E-state index in [0.29, 0.717) is 11.3 Å². The maximum Gasteiger partial charge on any atom is 0.416 e. The Labute approximate surface area is 119 Å². The van der Waals surface area contributed by atoms with Gasteiger partial charge in [0, 0.05) is 16.7 Å². The standard InChI is InChI=1S/C14H14F3NOS/c1-9-13(6-7-19-9)20-8-12(18)10-2-4-11(5-3-10)14(15,16)17/h2-7,12H,8,18H2,1H3. The SMILES string of the molecule is Cc1occc1SCC(N)c1ccc(C(F)(F)F)cc1. The molecule has 1 unspecified atom stereocenters. The summed E-state index contributed by atoms with van der Waals surface area (Å²) >= 11 is 1.53. The molecule has 6 heteroatoms. The summed E-state index contributed by atoms with van der Waals surface area (Å²) < 4.78 is 42.5. The van der Waals surface area contributed by atoms with Crippen molar-refractivity contribution in [3.8, 4) is 0 Å². The van der Waals surface area contributed by atoms with E-state index in [1.54, 1.807) is 6.26 Å². The number of alkyl halides is 3. The van der Waals surface area contributed by atoms with Crippen LogP contribution in [0.15, 0.2) is 45.9 Å². The van der Waals surface area contributed by atoms with Crippen LogP contribution in [-0.4, -0.2) is 5.75 Å². The fraction of sp³-hybridized carbons (Fsp3) is 0.286. The average molecular weight is 301 g/mol. The predicted octanol–water partition coefficient (Wildman–Crippen LogP) is 4.40. The maximum atomic E-state index is 12.5. The molecule has 0 fully saturated rings. The zero-order valence-corrected chi connectivity index (χ0v) is 11.6. The molecule has 0 amide bonds. The normalized spacial score (nSPS) is 13.4. The fourth-order valence-electron chi connectivity index (χ4n) is 1.72. The van der Waals surface area contributed by atoms with Gasteiger partial charge >= 0.3 is 6.18 Å². The van der Waals surface area contributed by atoms with E-state index in [1.807, 2.05) is 13.0 Å². The second kappa shape index (κ2) is 5.93. The number of hydrogen-bond donors (Lipinski definition) is 1. The summed E-state index contributed by atoms with van der Waals surface area (Å²) in [6.45, 7) is 1.85. The van der Waals surface area contributed by atoms with Gasteiger partial charge in [0.25, 0.3) is 0 Å². The molecule has 1 heterocycles. The number of nitrogens with two attached hydrogens (primary N) is 1. The molecular weight excluding hydrogens is 287 g/mol. The van der Waals surface area contributed by atoms with Gasteiger partial charge in [0.05, 0.1) is 11.8 Å². The lowest BCUT2D eigenvalue weighted by Crippen LogP contribution is -2.13. The van der Waals surface area contributed by atoms with E-state index >= 15 is 0 Å². The highest BCUT2D eigenvalue weighted by molar-refractivity contribution is 7.99. The Morgan fingerprint density at radius 1 is 1.20 bits per heavy atom. The summed E-state index contributed by atoms with van der Waals surface area (Å²) in [5.41, 5.74) is 6.01. The second-order valence-corrected chi connectivity index (χ2v) is 5.44. The summed E-state index contributed by atoms with van der Waals surface area (Å²) in [6.07, 6.45) is -2.72. The molecule has 108 valence electrons. The van der Waals surface area contributed by atoms with Crippen LogP contribution in [0.4, 0.5) is 13.2 Å². The van der Waals surface area contributed by atoms with E-state index in [4.69, 9.17) is 10.2 Å². The average Bonchev–Trinajstić information content (AvgIpc) is 2.81. The largest absolute Gasteiger partial charge is 0.468 e. The predicted molar refractivity (Wildman–Crippen MR) is 72.5 cm³/mol. The van der Waals surface area contributed by atoms with E-state index in [0.717, 1.165) is 22.8 Å². The third-order valence-corrected chi connectivity index (χ3v) is 4.16. The van der Waals surface area contributed by atoms with Crippen molar-refractivity contribution in [2.24, 2.45) is 5.73 Å². The molecule has 2 rings (SSSR count). The van der Waals surface area contributed by atoms with Crippen LogP contribution in [0.1, 0.15) is 22.9 Å². The molecule has 0 saturated heterocycles. The van der Waals surface area contributed by atoms with Crippen LogP contribution < -0.4 is 5.73 Å². The van der Waals surface area contributed by atoms with Crippen LogP contribution in [0.25, 0.3) is 0 Å². The highest BCUT2D eigenvalue weighted by atomic mass is 32.2. The number of furan rings is 1. The van der Waals surface area contributed by atoms with Gasteiger partial charge in [0.2, 0.25) is 0 Å². The van der Waals surface area contributed by atoms with Crippen molar-refractivity contribution in [3.63, 3.8) is 0 Å². The van der Waals surface area contributed by atoms with Crippen LogP contribution in [0.5, 0.6) is 0 Å². The molecule has 20 heavy (non-hydrogen) atoms. The lowest BCUT2D eigenvalue weighted by molar-refractivity contribution is -0.137. The van der Waals surface area contributed by atoms with Gasteiger partial charge in [-0.3, -0.25) is 0 Å². The minimum atomic E-state index is -4.31. The zero-order chi connectivity index (χ0) is 14.8. The van der Waals surface area contributed by atoms with Crippen LogP contribution in [-0.2, 0) is 6.18 Å². The quantitative estimate of drug-likeness (QED) is 0.851. The van der Waals surface area contributed by atoms with Crippen LogP contribution in [0.3, 0.4) is 0 Å². The first-order valence-corrected chi connectivity index (χ1v) is 6.96. The Balaban J connectivity index is 1.99. The Bertz CT molecular complexity index is 563. The van der Waals surface area contributed by atoms with Gasteiger partial charge in [-0.1, -0.05) is 12.1 Å². The number of benzene rings is 1. The minimum absolute atomic E-state index is 0.323. The lowest BCUT2D eigenvalue weighted by Gasteiger charge is -2.13. The summed E-state index contributed by atoms with van der Waals surface area (Å²) in [5.74, 6) is 1.39. The zero-order valence-electron chi connectivity index (χ0n) is 10.8. The van der Waals surface area contributed by atoms with Crippen LogP contribution in [0.2, 0.25) is 0 Å². The summed E-state index contributed by atoms with van der Waals surface area (Å²) in [6, 6.07) is 6.49. The van der Waals surface area contributed by atoms with Gasteiger partial charge in [-0.05, 0) is 30.7 Å². The Morgan fingerprint density at radius 3 is 2.35 bits per heavy atom. The highest BCUT2D eigenvalue weighted by Gasteiger charge is 2.30. The molecular formula is C14H14F3NOS. The van der Waals surface area contributed by atoms with Crippen molar-refractivity contribution in [1.82, 2.24) is 0 Å². The Kier molecular flexibility index (Phi) is 4.45. The van der Waals surface area contributed by atoms with E-state index in [1.165, 1.54) is 23.9 Å². The molecule has 2 N–H and O–H groups in total. The first-order chi connectivity index (χ1) is 9.38. The number of aryl methyl sites for hydroxylation is 1. The van der Waals surface area contributed by atoms with Gasteiger partial charge in [0.15, 0.2) is 0 Å². The van der Waals surface area contributed by atoms with Gasteiger partial charge < -0.3 is 10.2 Å². The molecule has 1 aromatic heterocycles. The van der Waals surface area contributed by atoms with E-state index in [2.05, 4.69) is 0 Å². The van der Waals surface area contributed by atoms with Crippen molar-refractivity contribution in [1.29, 1.82) is 0 Å². The van der Waals surface area contributed by atoms with E-state index in [-0.39, 0.29) is 6.04 Å². The number of halogens is 3. The molecule has 0 spiro atoms. The van der Waals surface area contributed by atoms with Gasteiger partial charge in [-0.15, -0.1) is 11.8 Å². The fourth-order valence-corrected chi connectivity index (χ4v) is 2.67. The van der Waals surface area contributed by atoms with Crippen LogP contribution >= 0.6 is 11.8 Å². The van der Waals surface area contributed by atoms with Crippen molar-refractivity contribution < 1.29 is 17.6 Å². The molecule has 0 aliphatic carbocycles. The van der Waals surface area contributed by atoms with E-state index in [9.17, 15) is 13.2 Å². The lowest BCUT2D eigenvalue weighted by atomic mass is 10.1. The van der Waals surface area contributed by atoms with Crippen molar-refractivity contribution >= 4 is 11.8 Å². The third-order valence-electron chi connectivity index (χ3n) is 2.90. The van der Waals surface area contributed by atoms with Crippen molar-refractivity contribution in [2.75, 3.05) is 5.75 Å². The van der Waals surface area contributed by atoms with Gasteiger partial charge in [-0.2, -0.15) is 13.2 Å². The molecule has 0 radical (unpaired) electrons. The smallest absolute Gasteiger partial charge is 0.416 e. The molecule has 2 aromatic rings.